The molecule has 0 aromatic heterocycles. The van der Waals surface area contributed by atoms with Crippen LogP contribution >= 0.6 is 0 Å². The number of carbonyl (C=O) groups excluding carboxylic acids is 2. The number of nitrogens with zero attached hydrogens (tertiary/aromatic N) is 1. The predicted molar refractivity (Wildman–Crippen MR) is 107 cm³/mol. The first-order valence-electron chi connectivity index (χ1n) is 9.72. The number of hydrogen-bond donors (Lipinski definition) is 2. The summed E-state index contributed by atoms with van der Waals surface area (Å²) in [6.45, 7) is 2.70. The van der Waals surface area contributed by atoms with Gasteiger partial charge in [-0.15, -0.1) is 0 Å². The van der Waals surface area contributed by atoms with E-state index in [4.69, 9.17) is 0 Å². The van der Waals surface area contributed by atoms with Crippen molar-refractivity contribution in [2.75, 3.05) is 23.3 Å². The molecule has 5 heteroatoms. The molecular formula is C22H25N3O2. The van der Waals surface area contributed by atoms with Gasteiger partial charge in [-0.3, -0.25) is 9.59 Å². The zero-order chi connectivity index (χ0) is 18.6. The molecule has 5 nitrogen and oxygen atoms in total. The summed E-state index contributed by atoms with van der Waals surface area (Å²) in [5, 5.41) is 5.92. The van der Waals surface area contributed by atoms with Crippen molar-refractivity contribution < 1.29 is 9.59 Å². The lowest BCUT2D eigenvalue weighted by molar-refractivity contribution is -0.121. The molecule has 1 fully saturated rings. The molecule has 2 aliphatic rings. The lowest BCUT2D eigenvalue weighted by atomic mass is 9.95. The Morgan fingerprint density at radius 1 is 1.07 bits per heavy atom. The molecule has 0 spiro atoms. The van der Waals surface area contributed by atoms with Gasteiger partial charge in [0.15, 0.2) is 0 Å². The third-order valence-electron chi connectivity index (χ3n) is 5.49. The number of fused-ring (bicyclic) bond motifs is 1. The Kier molecular flexibility index (Phi) is 5.10. The molecule has 0 bridgehead atoms. The Bertz CT molecular complexity index is 843. The maximum Gasteiger partial charge on any atom is 0.232 e. The van der Waals surface area contributed by atoms with Crippen molar-refractivity contribution in [3.63, 3.8) is 0 Å². The first-order chi connectivity index (χ1) is 13.2. The fraction of sp³-hybridized carbons (Fsp3) is 0.364. The third-order valence-corrected chi connectivity index (χ3v) is 5.49. The second kappa shape index (κ2) is 7.82. The van der Waals surface area contributed by atoms with E-state index >= 15 is 0 Å². The summed E-state index contributed by atoms with van der Waals surface area (Å²) in [6.07, 6.45) is 3.33. The van der Waals surface area contributed by atoms with Crippen LogP contribution in [-0.2, 0) is 16.1 Å². The molecule has 2 N–H and O–H groups in total. The van der Waals surface area contributed by atoms with Gasteiger partial charge in [0.1, 0.15) is 0 Å². The van der Waals surface area contributed by atoms with Crippen molar-refractivity contribution in [1.82, 2.24) is 5.32 Å². The van der Waals surface area contributed by atoms with Crippen LogP contribution in [0, 0.1) is 0 Å². The number of rotatable bonds is 6. The Morgan fingerprint density at radius 2 is 1.81 bits per heavy atom. The summed E-state index contributed by atoms with van der Waals surface area (Å²) in [4.78, 5) is 26.9. The largest absolute Gasteiger partial charge is 0.371 e. The Morgan fingerprint density at radius 3 is 2.67 bits per heavy atom. The first kappa shape index (κ1) is 17.6. The topological polar surface area (TPSA) is 61.4 Å². The van der Waals surface area contributed by atoms with Gasteiger partial charge in [-0.05, 0) is 42.5 Å². The molecule has 0 saturated carbocycles. The molecule has 0 radical (unpaired) electrons. The van der Waals surface area contributed by atoms with Crippen molar-refractivity contribution in [1.29, 1.82) is 0 Å². The zero-order valence-electron chi connectivity index (χ0n) is 15.4. The van der Waals surface area contributed by atoms with Crippen molar-refractivity contribution in [2.24, 2.45) is 0 Å². The van der Waals surface area contributed by atoms with Crippen LogP contribution in [0.3, 0.4) is 0 Å². The van der Waals surface area contributed by atoms with E-state index in [1.165, 1.54) is 18.5 Å². The van der Waals surface area contributed by atoms with Gasteiger partial charge in [0.2, 0.25) is 11.8 Å². The molecule has 1 unspecified atom stereocenters. The Labute approximate surface area is 159 Å². The SMILES string of the molecule is O=C(CCC1C(=O)Nc2ccccc21)NCc1ccccc1N1CCCC1. The second-order valence-electron chi connectivity index (χ2n) is 7.27. The molecule has 1 saturated heterocycles. The van der Waals surface area contributed by atoms with Crippen LogP contribution in [0.15, 0.2) is 48.5 Å². The minimum Gasteiger partial charge on any atom is -0.371 e. The molecule has 140 valence electrons. The summed E-state index contributed by atoms with van der Waals surface area (Å²) in [5.41, 5.74) is 4.23. The standard InChI is InChI=1S/C22H25N3O2/c26-21(12-11-18-17-8-2-3-9-19(17)24-22(18)27)23-15-16-7-1-4-10-20(16)25-13-5-6-14-25/h1-4,7-10,18H,5-6,11-15H2,(H,23,26)(H,24,27). The van der Waals surface area contributed by atoms with E-state index in [1.54, 1.807) is 0 Å². The summed E-state index contributed by atoms with van der Waals surface area (Å²) < 4.78 is 0. The van der Waals surface area contributed by atoms with Crippen LogP contribution in [0.5, 0.6) is 0 Å². The molecule has 2 aromatic carbocycles. The summed E-state index contributed by atoms with van der Waals surface area (Å²) in [6, 6.07) is 16.0. The van der Waals surface area contributed by atoms with E-state index < -0.39 is 0 Å². The number of nitrogens with one attached hydrogen (secondary N) is 2. The minimum atomic E-state index is -0.233. The van der Waals surface area contributed by atoms with Gasteiger partial charge in [-0.1, -0.05) is 36.4 Å². The number of benzene rings is 2. The minimum absolute atomic E-state index is 0.0107. The van der Waals surface area contributed by atoms with Crippen LogP contribution < -0.4 is 15.5 Å². The third kappa shape index (κ3) is 3.82. The molecular weight excluding hydrogens is 338 g/mol. The maximum atomic E-state index is 12.4. The van der Waals surface area contributed by atoms with E-state index in [2.05, 4.69) is 33.7 Å². The van der Waals surface area contributed by atoms with E-state index in [0.29, 0.717) is 19.4 Å². The number of para-hydroxylation sites is 2. The van der Waals surface area contributed by atoms with Crippen LogP contribution in [0.1, 0.15) is 42.7 Å². The normalized spacial score (nSPS) is 18.3. The molecule has 1 atom stereocenters. The lowest BCUT2D eigenvalue weighted by Crippen LogP contribution is -2.26. The van der Waals surface area contributed by atoms with Gasteiger partial charge in [-0.2, -0.15) is 0 Å². The van der Waals surface area contributed by atoms with Gasteiger partial charge < -0.3 is 15.5 Å². The molecule has 2 heterocycles. The van der Waals surface area contributed by atoms with E-state index in [0.717, 1.165) is 29.9 Å². The molecule has 0 aliphatic carbocycles. The zero-order valence-corrected chi connectivity index (χ0v) is 15.4. The van der Waals surface area contributed by atoms with Crippen molar-refractivity contribution in [3.05, 3.63) is 59.7 Å². The first-order valence-corrected chi connectivity index (χ1v) is 9.72. The molecule has 2 aliphatic heterocycles. The molecule has 27 heavy (non-hydrogen) atoms. The average Bonchev–Trinajstić information content (AvgIpc) is 3.32. The van der Waals surface area contributed by atoms with Gasteiger partial charge in [-0.25, -0.2) is 0 Å². The fourth-order valence-electron chi connectivity index (χ4n) is 4.05. The number of hydrogen-bond acceptors (Lipinski definition) is 3. The fourth-order valence-corrected chi connectivity index (χ4v) is 4.05. The van der Waals surface area contributed by atoms with Gasteiger partial charge >= 0.3 is 0 Å². The number of carbonyl (C=O) groups is 2. The number of anilines is 2. The Balaban J connectivity index is 1.33. The summed E-state index contributed by atoms with van der Waals surface area (Å²) >= 11 is 0. The lowest BCUT2D eigenvalue weighted by Gasteiger charge is -2.21. The quantitative estimate of drug-likeness (QED) is 0.827. The highest BCUT2D eigenvalue weighted by Crippen LogP contribution is 2.35. The molecule has 2 aromatic rings. The van der Waals surface area contributed by atoms with Crippen LogP contribution in [0.25, 0.3) is 0 Å². The number of amides is 2. The van der Waals surface area contributed by atoms with Crippen LogP contribution in [-0.4, -0.2) is 24.9 Å². The van der Waals surface area contributed by atoms with Crippen molar-refractivity contribution >= 4 is 23.2 Å². The van der Waals surface area contributed by atoms with Crippen molar-refractivity contribution in [3.8, 4) is 0 Å². The van der Waals surface area contributed by atoms with E-state index in [9.17, 15) is 9.59 Å². The monoisotopic (exact) mass is 363 g/mol. The Hall–Kier alpha value is -2.82. The van der Waals surface area contributed by atoms with Crippen LogP contribution in [0.2, 0.25) is 0 Å². The highest BCUT2D eigenvalue weighted by atomic mass is 16.2. The highest BCUT2D eigenvalue weighted by molar-refractivity contribution is 6.03. The highest BCUT2D eigenvalue weighted by Gasteiger charge is 2.30. The average molecular weight is 363 g/mol. The van der Waals surface area contributed by atoms with E-state index in [-0.39, 0.29) is 17.7 Å². The smallest absolute Gasteiger partial charge is 0.232 e. The summed E-state index contributed by atoms with van der Waals surface area (Å²) in [5.74, 6) is -0.254. The summed E-state index contributed by atoms with van der Waals surface area (Å²) in [7, 11) is 0. The van der Waals surface area contributed by atoms with E-state index in [1.807, 2.05) is 30.3 Å². The molecule has 2 amide bonds. The molecule has 4 rings (SSSR count). The van der Waals surface area contributed by atoms with Gasteiger partial charge in [0.05, 0.1) is 5.92 Å². The maximum absolute atomic E-state index is 12.4. The van der Waals surface area contributed by atoms with Gasteiger partial charge in [0.25, 0.3) is 0 Å². The van der Waals surface area contributed by atoms with Gasteiger partial charge in [0, 0.05) is 37.4 Å². The van der Waals surface area contributed by atoms with Crippen molar-refractivity contribution in [2.45, 2.75) is 38.1 Å². The predicted octanol–water partition coefficient (Wildman–Crippen LogP) is 3.42. The second-order valence-corrected chi connectivity index (χ2v) is 7.27. The van der Waals surface area contributed by atoms with Crippen LogP contribution in [0.4, 0.5) is 11.4 Å².